The molecule has 0 amide bonds. The summed E-state index contributed by atoms with van der Waals surface area (Å²) in [6.07, 6.45) is 4.07. The zero-order valence-electron chi connectivity index (χ0n) is 15.9. The lowest BCUT2D eigenvalue weighted by atomic mass is 9.97. The van der Waals surface area contributed by atoms with E-state index in [1.165, 1.54) is 15.2 Å². The number of aromatic nitrogens is 1. The molecule has 0 saturated carbocycles. The van der Waals surface area contributed by atoms with Crippen LogP contribution in [0.5, 0.6) is 0 Å². The summed E-state index contributed by atoms with van der Waals surface area (Å²) in [7, 11) is -3.60. The van der Waals surface area contributed by atoms with E-state index in [1.54, 1.807) is 43.4 Å². The Morgan fingerprint density at radius 3 is 2.68 bits per heavy atom. The molecule has 2 heterocycles. The maximum atomic E-state index is 12.8. The molecule has 0 aliphatic heterocycles. The second-order valence-corrected chi connectivity index (χ2v) is 9.84. The van der Waals surface area contributed by atoms with Gasteiger partial charge in [-0.15, -0.1) is 11.3 Å². The van der Waals surface area contributed by atoms with Crippen molar-refractivity contribution in [1.29, 1.82) is 0 Å². The quantitative estimate of drug-likeness (QED) is 0.629. The summed E-state index contributed by atoms with van der Waals surface area (Å²) in [5.41, 5.74) is 1.17. The molecule has 1 aliphatic rings. The van der Waals surface area contributed by atoms with Gasteiger partial charge in [-0.25, -0.2) is 18.2 Å². The predicted octanol–water partition coefficient (Wildman–Crippen LogP) is 3.83. The fourth-order valence-corrected chi connectivity index (χ4v) is 6.47. The van der Waals surface area contributed by atoms with Crippen molar-refractivity contribution in [3.63, 3.8) is 0 Å². The Balaban J connectivity index is 1.82. The van der Waals surface area contributed by atoms with Gasteiger partial charge in [0.15, 0.2) is 0 Å². The largest absolute Gasteiger partial charge is 0.403 e. The van der Waals surface area contributed by atoms with Crippen molar-refractivity contribution < 1.29 is 12.8 Å². The number of hydrogen-bond donors (Lipinski definition) is 0. The standard InChI is InChI=1S/C20H22N2O4S2/c1-3-22(4-2)28(24,25)14-9-7-8-13(12-14)18-21-19-17(20(23)26-18)15-10-5-6-11-16(15)27-19/h7-9,12H,3-6,10-11H2,1-2H3. The zero-order chi connectivity index (χ0) is 19.9. The molecule has 6 nitrogen and oxygen atoms in total. The van der Waals surface area contributed by atoms with Crippen LogP contribution in [0, 0.1) is 0 Å². The van der Waals surface area contributed by atoms with Gasteiger partial charge in [0.05, 0.1) is 4.90 Å². The van der Waals surface area contributed by atoms with Gasteiger partial charge >= 0.3 is 5.63 Å². The normalized spacial score (nSPS) is 14.5. The molecular weight excluding hydrogens is 396 g/mol. The van der Waals surface area contributed by atoms with E-state index in [0.29, 0.717) is 28.9 Å². The van der Waals surface area contributed by atoms with Crippen LogP contribution in [0.1, 0.15) is 37.1 Å². The molecule has 28 heavy (non-hydrogen) atoms. The summed E-state index contributed by atoms with van der Waals surface area (Å²) in [5.74, 6) is 0.160. The van der Waals surface area contributed by atoms with Crippen LogP contribution in [0.15, 0.2) is 38.4 Å². The van der Waals surface area contributed by atoms with Crippen molar-refractivity contribution in [1.82, 2.24) is 9.29 Å². The van der Waals surface area contributed by atoms with Crippen molar-refractivity contribution in [2.24, 2.45) is 0 Å². The van der Waals surface area contributed by atoms with Crippen LogP contribution in [0.25, 0.3) is 21.7 Å². The third-order valence-corrected chi connectivity index (χ3v) is 8.41. The summed E-state index contributed by atoms with van der Waals surface area (Å²) < 4.78 is 32.5. The molecule has 0 fully saturated rings. The average molecular weight is 419 g/mol. The van der Waals surface area contributed by atoms with E-state index in [-0.39, 0.29) is 10.8 Å². The summed E-state index contributed by atoms with van der Waals surface area (Å²) in [6.45, 7) is 4.39. The number of hydrogen-bond acceptors (Lipinski definition) is 6. The van der Waals surface area contributed by atoms with Crippen LogP contribution in [0.3, 0.4) is 0 Å². The minimum absolute atomic E-state index is 0.160. The molecule has 0 radical (unpaired) electrons. The van der Waals surface area contributed by atoms with Gasteiger partial charge in [0.25, 0.3) is 0 Å². The number of aryl methyl sites for hydroxylation is 2. The highest BCUT2D eigenvalue weighted by molar-refractivity contribution is 7.89. The number of thiophene rings is 1. The minimum atomic E-state index is -3.60. The van der Waals surface area contributed by atoms with Gasteiger partial charge in [-0.05, 0) is 49.4 Å². The summed E-state index contributed by atoms with van der Waals surface area (Å²) in [6, 6.07) is 6.44. The molecule has 0 saturated heterocycles. The van der Waals surface area contributed by atoms with Crippen LogP contribution >= 0.6 is 11.3 Å². The molecule has 0 N–H and O–H groups in total. The van der Waals surface area contributed by atoms with E-state index in [0.717, 1.165) is 31.2 Å². The molecule has 3 aromatic rings. The molecule has 2 aromatic heterocycles. The number of benzene rings is 1. The lowest BCUT2D eigenvalue weighted by Crippen LogP contribution is -2.30. The summed E-state index contributed by atoms with van der Waals surface area (Å²) >= 11 is 1.55. The highest BCUT2D eigenvalue weighted by Gasteiger charge is 2.24. The van der Waals surface area contributed by atoms with Crippen molar-refractivity contribution in [2.45, 2.75) is 44.4 Å². The van der Waals surface area contributed by atoms with Crippen LogP contribution in [-0.4, -0.2) is 30.8 Å². The zero-order valence-corrected chi connectivity index (χ0v) is 17.5. The smallest absolute Gasteiger partial charge is 0.348 e. The van der Waals surface area contributed by atoms with Crippen LogP contribution in [-0.2, 0) is 22.9 Å². The highest BCUT2D eigenvalue weighted by atomic mass is 32.2. The Hall–Kier alpha value is -2.03. The van der Waals surface area contributed by atoms with Crippen LogP contribution < -0.4 is 5.63 Å². The maximum Gasteiger partial charge on any atom is 0.348 e. The molecule has 1 aliphatic carbocycles. The van der Waals surface area contributed by atoms with Gasteiger partial charge in [0.1, 0.15) is 10.2 Å². The summed E-state index contributed by atoms with van der Waals surface area (Å²) in [5, 5.41) is 0.593. The van der Waals surface area contributed by atoms with Gasteiger partial charge in [-0.1, -0.05) is 19.9 Å². The fourth-order valence-electron chi connectivity index (χ4n) is 3.72. The van der Waals surface area contributed by atoms with E-state index >= 15 is 0 Å². The minimum Gasteiger partial charge on any atom is -0.403 e. The summed E-state index contributed by atoms with van der Waals surface area (Å²) in [4.78, 5) is 19.3. The second-order valence-electron chi connectivity index (χ2n) is 6.81. The SMILES string of the molecule is CCN(CC)S(=O)(=O)c1cccc(-c2nc3sc4c(c3c(=O)o2)CCCC4)c1. The van der Waals surface area contributed by atoms with Crippen molar-refractivity contribution in [3.05, 3.63) is 45.1 Å². The molecule has 0 spiro atoms. The third-order valence-electron chi connectivity index (χ3n) is 5.17. The number of fused-ring (bicyclic) bond motifs is 3. The number of sulfonamides is 1. The molecule has 4 rings (SSSR count). The second kappa shape index (κ2) is 7.42. The van der Waals surface area contributed by atoms with E-state index in [4.69, 9.17) is 4.42 Å². The number of nitrogens with zero attached hydrogens (tertiary/aromatic N) is 2. The highest BCUT2D eigenvalue weighted by Crippen LogP contribution is 2.35. The third kappa shape index (κ3) is 3.19. The van der Waals surface area contributed by atoms with Crippen LogP contribution in [0.2, 0.25) is 0 Å². The van der Waals surface area contributed by atoms with Crippen molar-refractivity contribution in [3.8, 4) is 11.5 Å². The lowest BCUT2D eigenvalue weighted by molar-refractivity contribution is 0.445. The Kier molecular flexibility index (Phi) is 5.11. The molecule has 148 valence electrons. The van der Waals surface area contributed by atoms with E-state index in [9.17, 15) is 13.2 Å². The van der Waals surface area contributed by atoms with Crippen LogP contribution in [0.4, 0.5) is 0 Å². The first-order valence-corrected chi connectivity index (χ1v) is 11.8. The Bertz CT molecular complexity index is 1190. The van der Waals surface area contributed by atoms with Gasteiger partial charge in [-0.3, -0.25) is 0 Å². The lowest BCUT2D eigenvalue weighted by Gasteiger charge is -2.18. The number of rotatable bonds is 5. The molecule has 1 aromatic carbocycles. The predicted molar refractivity (Wildman–Crippen MR) is 110 cm³/mol. The molecule has 0 bridgehead atoms. The first-order chi connectivity index (χ1) is 13.5. The Morgan fingerprint density at radius 1 is 1.18 bits per heavy atom. The first-order valence-electron chi connectivity index (χ1n) is 9.51. The monoisotopic (exact) mass is 418 g/mol. The first kappa shape index (κ1) is 19.3. The average Bonchev–Trinajstić information content (AvgIpc) is 3.07. The maximum absolute atomic E-state index is 12.8. The Morgan fingerprint density at radius 2 is 1.93 bits per heavy atom. The fraction of sp³-hybridized carbons (Fsp3) is 0.400. The molecule has 0 atom stereocenters. The van der Waals surface area contributed by atoms with Gasteiger partial charge < -0.3 is 4.42 Å². The Labute approximate surface area is 167 Å². The van der Waals surface area contributed by atoms with Crippen molar-refractivity contribution >= 4 is 31.6 Å². The molecule has 8 heteroatoms. The molecular formula is C20H22N2O4S2. The van der Waals surface area contributed by atoms with E-state index in [2.05, 4.69) is 4.98 Å². The van der Waals surface area contributed by atoms with Gasteiger partial charge in [-0.2, -0.15) is 4.31 Å². The van der Waals surface area contributed by atoms with Gasteiger partial charge in [0.2, 0.25) is 15.9 Å². The van der Waals surface area contributed by atoms with Gasteiger partial charge in [0, 0.05) is 23.5 Å². The molecule has 0 unspecified atom stereocenters. The van der Waals surface area contributed by atoms with Crippen molar-refractivity contribution in [2.75, 3.05) is 13.1 Å². The topological polar surface area (TPSA) is 80.5 Å². The van der Waals surface area contributed by atoms with E-state index < -0.39 is 15.6 Å². The van der Waals surface area contributed by atoms with E-state index in [1.807, 2.05) is 0 Å².